The number of anilines is 1. The number of aliphatic hydroxyl groups excluding tert-OH is 1. The number of aliphatic imine (C=N–C) groups is 1. The Morgan fingerprint density at radius 3 is 2.82 bits per heavy atom. The average Bonchev–Trinajstić information content (AvgIpc) is 3.39. The molecule has 2 aliphatic heterocycles. The molecule has 5 rings (SSSR count). The fourth-order valence-corrected chi connectivity index (χ4v) is 4.70. The SMILES string of the molecule is Cc1cc(N2CC(C(O)N=C3NNCC3C)C2)nc2c1c(=O)c(C(=O)O)cn2-c1nccs1. The number of carboxylic acid groups (broad SMARTS) is 1. The van der Waals surface area contributed by atoms with Crippen molar-refractivity contribution in [2.75, 3.05) is 24.5 Å². The lowest BCUT2D eigenvalue weighted by Gasteiger charge is -2.41. The molecule has 2 atom stereocenters. The highest BCUT2D eigenvalue weighted by atomic mass is 32.1. The first-order valence-corrected chi connectivity index (χ1v) is 11.4. The summed E-state index contributed by atoms with van der Waals surface area (Å²) in [5.74, 6) is 0.290. The van der Waals surface area contributed by atoms with E-state index in [0.29, 0.717) is 35.2 Å². The van der Waals surface area contributed by atoms with Crippen molar-refractivity contribution in [3.8, 4) is 5.13 Å². The fraction of sp³-hybridized carbons (Fsp3) is 0.381. The van der Waals surface area contributed by atoms with Crippen molar-refractivity contribution in [1.82, 2.24) is 25.4 Å². The molecule has 2 fully saturated rings. The van der Waals surface area contributed by atoms with Crippen LogP contribution in [0.25, 0.3) is 16.2 Å². The molecular formula is C21H23N7O4S. The summed E-state index contributed by atoms with van der Waals surface area (Å²) in [6.07, 6.45) is 2.07. The van der Waals surface area contributed by atoms with E-state index in [0.717, 1.165) is 12.4 Å². The van der Waals surface area contributed by atoms with Crippen molar-refractivity contribution < 1.29 is 15.0 Å². The van der Waals surface area contributed by atoms with Gasteiger partial charge in [-0.3, -0.25) is 9.36 Å². The summed E-state index contributed by atoms with van der Waals surface area (Å²) < 4.78 is 1.56. The lowest BCUT2D eigenvalue weighted by molar-refractivity contribution is 0.0695. The number of fused-ring (bicyclic) bond motifs is 1. The minimum Gasteiger partial charge on any atom is -0.477 e. The van der Waals surface area contributed by atoms with E-state index in [4.69, 9.17) is 4.98 Å². The smallest absolute Gasteiger partial charge is 0.341 e. The van der Waals surface area contributed by atoms with Gasteiger partial charge in [-0.15, -0.1) is 11.3 Å². The molecule has 0 amide bonds. The van der Waals surface area contributed by atoms with Crippen LogP contribution in [0.3, 0.4) is 0 Å². The topological polar surface area (TPSA) is 145 Å². The molecule has 3 aromatic rings. The molecule has 0 aromatic carbocycles. The van der Waals surface area contributed by atoms with Crippen molar-refractivity contribution in [2.45, 2.75) is 20.1 Å². The van der Waals surface area contributed by atoms with E-state index in [2.05, 4.69) is 20.8 Å². The van der Waals surface area contributed by atoms with Crippen molar-refractivity contribution >= 4 is 40.0 Å². The van der Waals surface area contributed by atoms with Gasteiger partial charge < -0.3 is 20.5 Å². The highest BCUT2D eigenvalue weighted by molar-refractivity contribution is 7.12. The zero-order chi connectivity index (χ0) is 23.3. The quantitative estimate of drug-likeness (QED) is 0.425. The lowest BCUT2D eigenvalue weighted by atomic mass is 9.97. The van der Waals surface area contributed by atoms with Crippen molar-refractivity contribution in [3.05, 3.63) is 45.2 Å². The van der Waals surface area contributed by atoms with Gasteiger partial charge in [-0.05, 0) is 18.6 Å². The standard InChI is InChI=1S/C21H23N7O4S/c1-10-5-14(27-7-12(8-27)19(30)25-17-11(2)6-23-26-17)24-18-15(10)16(29)13(20(31)32)9-28(18)21-22-3-4-33-21/h3-5,9,11-12,19,23,30H,6-8H2,1-2H3,(H,25,26)(H,31,32). The summed E-state index contributed by atoms with van der Waals surface area (Å²) in [6, 6.07) is 1.78. The number of aromatic carboxylic acids is 1. The molecule has 2 unspecified atom stereocenters. The highest BCUT2D eigenvalue weighted by Gasteiger charge is 2.35. The second-order valence-electron chi connectivity index (χ2n) is 8.36. The van der Waals surface area contributed by atoms with Gasteiger partial charge >= 0.3 is 5.97 Å². The Morgan fingerprint density at radius 2 is 2.18 bits per heavy atom. The number of aromatic nitrogens is 3. The Kier molecular flexibility index (Phi) is 5.35. The highest BCUT2D eigenvalue weighted by Crippen LogP contribution is 2.30. The summed E-state index contributed by atoms with van der Waals surface area (Å²) >= 11 is 1.32. The number of nitrogens with one attached hydrogen (secondary N) is 2. The maximum Gasteiger partial charge on any atom is 0.341 e. The second-order valence-corrected chi connectivity index (χ2v) is 9.23. The Morgan fingerprint density at radius 1 is 1.39 bits per heavy atom. The van der Waals surface area contributed by atoms with E-state index >= 15 is 0 Å². The molecule has 2 aliphatic rings. The molecule has 4 N–H and O–H groups in total. The summed E-state index contributed by atoms with van der Waals surface area (Å²) in [5.41, 5.74) is 6.09. The molecule has 2 saturated heterocycles. The van der Waals surface area contributed by atoms with Crippen LogP contribution in [-0.2, 0) is 0 Å². The predicted octanol–water partition coefficient (Wildman–Crippen LogP) is 0.746. The molecular weight excluding hydrogens is 446 g/mol. The summed E-state index contributed by atoms with van der Waals surface area (Å²) in [5, 5.41) is 22.6. The van der Waals surface area contributed by atoms with Crippen LogP contribution < -0.4 is 21.2 Å². The maximum atomic E-state index is 12.9. The van der Waals surface area contributed by atoms with Gasteiger partial charge in [0.05, 0.1) is 5.39 Å². The molecule has 0 aliphatic carbocycles. The van der Waals surface area contributed by atoms with Crippen LogP contribution in [0, 0.1) is 18.8 Å². The summed E-state index contributed by atoms with van der Waals surface area (Å²) in [4.78, 5) is 39.9. The van der Waals surface area contributed by atoms with Crippen LogP contribution in [-0.4, -0.2) is 62.4 Å². The molecule has 0 bridgehead atoms. The van der Waals surface area contributed by atoms with E-state index in [1.54, 1.807) is 29.1 Å². The second kappa shape index (κ2) is 8.21. The average molecular weight is 470 g/mol. The van der Waals surface area contributed by atoms with Gasteiger partial charge in [0, 0.05) is 49.2 Å². The number of hydrogen-bond donors (Lipinski definition) is 4. The molecule has 5 heterocycles. The number of aliphatic hydroxyl groups is 1. The van der Waals surface area contributed by atoms with Gasteiger partial charge in [0.2, 0.25) is 5.43 Å². The molecule has 11 nitrogen and oxygen atoms in total. The van der Waals surface area contributed by atoms with Crippen LogP contribution in [0.1, 0.15) is 22.8 Å². The van der Waals surface area contributed by atoms with Gasteiger partial charge in [0.1, 0.15) is 17.2 Å². The normalized spacial score (nSPS) is 20.8. The Hall–Kier alpha value is -3.35. The van der Waals surface area contributed by atoms with Crippen LogP contribution in [0.15, 0.2) is 33.6 Å². The van der Waals surface area contributed by atoms with Gasteiger partial charge in [0.25, 0.3) is 0 Å². The number of carbonyl (C=O) groups is 1. The van der Waals surface area contributed by atoms with E-state index < -0.39 is 17.6 Å². The Labute approximate surface area is 192 Å². The predicted molar refractivity (Wildman–Crippen MR) is 124 cm³/mol. The van der Waals surface area contributed by atoms with Crippen LogP contribution in [0.2, 0.25) is 0 Å². The third-order valence-corrected chi connectivity index (χ3v) is 6.79. The number of hydrogen-bond acceptors (Lipinski definition) is 9. The van der Waals surface area contributed by atoms with E-state index in [1.807, 2.05) is 11.8 Å². The van der Waals surface area contributed by atoms with E-state index in [9.17, 15) is 19.8 Å². The monoisotopic (exact) mass is 469 g/mol. The van der Waals surface area contributed by atoms with Gasteiger partial charge in [-0.1, -0.05) is 6.92 Å². The number of aryl methyl sites for hydroxylation is 1. The van der Waals surface area contributed by atoms with Crippen LogP contribution in [0.5, 0.6) is 0 Å². The molecule has 0 saturated carbocycles. The largest absolute Gasteiger partial charge is 0.477 e. The van der Waals surface area contributed by atoms with Gasteiger partial charge in [-0.25, -0.2) is 25.2 Å². The lowest BCUT2D eigenvalue weighted by Crippen LogP contribution is -2.52. The van der Waals surface area contributed by atoms with Gasteiger partial charge in [0.15, 0.2) is 17.0 Å². The van der Waals surface area contributed by atoms with E-state index in [1.165, 1.54) is 17.5 Å². The summed E-state index contributed by atoms with van der Waals surface area (Å²) in [6.45, 7) is 5.70. The number of rotatable bonds is 5. The van der Waals surface area contributed by atoms with Crippen LogP contribution in [0.4, 0.5) is 5.82 Å². The third kappa shape index (κ3) is 3.75. The molecule has 12 heteroatoms. The molecule has 0 spiro atoms. The fourth-order valence-electron chi connectivity index (χ4n) is 4.08. The number of thiazole rings is 1. The first-order valence-electron chi connectivity index (χ1n) is 10.5. The zero-order valence-corrected chi connectivity index (χ0v) is 18.8. The number of amidine groups is 1. The third-order valence-electron chi connectivity index (χ3n) is 6.02. The molecule has 3 aromatic heterocycles. The minimum atomic E-state index is -1.29. The number of hydrazine groups is 1. The van der Waals surface area contributed by atoms with Crippen molar-refractivity contribution in [1.29, 1.82) is 0 Å². The molecule has 172 valence electrons. The Balaban J connectivity index is 1.49. The number of carboxylic acids is 1. The van der Waals surface area contributed by atoms with Crippen LogP contribution >= 0.6 is 11.3 Å². The maximum absolute atomic E-state index is 12.9. The van der Waals surface area contributed by atoms with Crippen molar-refractivity contribution in [3.63, 3.8) is 0 Å². The minimum absolute atomic E-state index is 0.0413. The van der Waals surface area contributed by atoms with Gasteiger partial charge in [-0.2, -0.15) is 0 Å². The van der Waals surface area contributed by atoms with Crippen molar-refractivity contribution in [2.24, 2.45) is 16.8 Å². The number of nitrogens with zero attached hydrogens (tertiary/aromatic N) is 5. The zero-order valence-electron chi connectivity index (χ0n) is 18.0. The molecule has 33 heavy (non-hydrogen) atoms. The molecule has 0 radical (unpaired) electrons. The summed E-state index contributed by atoms with van der Waals surface area (Å²) in [7, 11) is 0. The Bertz CT molecular complexity index is 1310. The number of pyridine rings is 2. The first-order chi connectivity index (χ1) is 15.8. The van der Waals surface area contributed by atoms with E-state index in [-0.39, 0.29) is 22.8 Å². The first kappa shape index (κ1) is 21.5.